The Kier molecular flexibility index (Phi) is 2.10. The van der Waals surface area contributed by atoms with Crippen LogP contribution in [0.15, 0.2) is 24.3 Å². The third kappa shape index (κ3) is 3.59. The van der Waals surface area contributed by atoms with Crippen molar-refractivity contribution in [2.75, 3.05) is 27.6 Å². The van der Waals surface area contributed by atoms with Crippen molar-refractivity contribution in [2.45, 2.75) is 12.1 Å². The number of aryl methyl sites for hydroxylation is 1. The number of H-pyrrole nitrogens is 1. The molecule has 2 rings (SSSR count). The molecule has 110 valence electrons. The molecule has 20 heavy (non-hydrogen) atoms. The zero-order valence-electron chi connectivity index (χ0n) is 20.4. The van der Waals surface area contributed by atoms with Crippen LogP contribution in [0.3, 0.4) is 0 Å². The average molecular weight is 304 g/mol. The van der Waals surface area contributed by atoms with Gasteiger partial charge in [0.1, 0.15) is 1.41 Å². The monoisotopic (exact) mass is 304 g/mol. The van der Waals surface area contributed by atoms with Gasteiger partial charge in [-0.3, -0.25) is 0 Å². The molecule has 0 aliphatic carbocycles. The van der Waals surface area contributed by atoms with E-state index in [1.165, 1.54) is 19.0 Å². The first-order valence-corrected chi connectivity index (χ1v) is 7.20. The Hall–Kier alpha value is -1.37. The second-order valence-corrected chi connectivity index (χ2v) is 5.77. The lowest BCUT2D eigenvalue weighted by Crippen LogP contribution is -2.20. The number of likely N-dealkylation sites (N-methyl/N-ethyl adjacent to an activating group) is 1. The van der Waals surface area contributed by atoms with E-state index in [1.807, 2.05) is 0 Å². The van der Waals surface area contributed by atoms with Crippen LogP contribution in [0, 0.1) is 0 Å². The molecular weight excluding hydrogens is 274 g/mol. The fraction of sp³-hybridized carbons (Fsp3) is 0.429. The van der Waals surface area contributed by atoms with Crippen LogP contribution in [0.1, 0.15) is 20.7 Å². The average Bonchev–Trinajstić information content (AvgIpc) is 2.87. The smallest absolute Gasteiger partial charge is 0.215 e. The van der Waals surface area contributed by atoms with Gasteiger partial charge < -0.3 is 9.88 Å². The summed E-state index contributed by atoms with van der Waals surface area (Å²) >= 11 is 0. The molecule has 0 bridgehead atoms. The first-order valence-electron chi connectivity index (χ1n) is 10.2. The van der Waals surface area contributed by atoms with E-state index in [0.717, 1.165) is 13.2 Å². The van der Waals surface area contributed by atoms with Gasteiger partial charge in [0.05, 0.1) is 9.82 Å². The van der Waals surface area contributed by atoms with Crippen molar-refractivity contribution in [1.82, 2.24) is 14.6 Å². The second-order valence-electron chi connectivity index (χ2n) is 4.25. The standard InChI is InChI=1S/C14H21N3O2S/c1-15-20(18,19)10-11-4-5-14-13(8-11)12(9-16-14)6-7-17(2)3/h4-5,8-9,15-16H,6-7,10H2,1-3H3/i4D,5D,7D2,8D,10D2/hD2. The molecule has 0 saturated carbocycles. The van der Waals surface area contributed by atoms with Crippen molar-refractivity contribution < 1.29 is 20.8 Å². The molecule has 0 amide bonds. The summed E-state index contributed by atoms with van der Waals surface area (Å²) < 4.78 is 96.7. The van der Waals surface area contributed by atoms with Gasteiger partial charge in [-0.05, 0) is 50.8 Å². The van der Waals surface area contributed by atoms with Gasteiger partial charge in [-0.1, -0.05) is 6.04 Å². The summed E-state index contributed by atoms with van der Waals surface area (Å²) in [6.07, 6.45) is 0.838. The van der Waals surface area contributed by atoms with E-state index in [1.54, 1.807) is 0 Å². The lowest BCUT2D eigenvalue weighted by Gasteiger charge is -2.08. The number of hydrogen-bond acceptors (Lipinski definition) is 3. The normalized spacial score (nSPS) is 20.6. The van der Waals surface area contributed by atoms with E-state index in [9.17, 15) is 8.42 Å². The summed E-state index contributed by atoms with van der Waals surface area (Å²) in [5, 5.41) is -0.173. The third-order valence-corrected chi connectivity index (χ3v) is 3.46. The van der Waals surface area contributed by atoms with Gasteiger partial charge in [0, 0.05) is 29.1 Å². The molecule has 1 aromatic heterocycles. The molecular formula is C14H21N3O2S. The van der Waals surface area contributed by atoms with Crippen molar-refractivity contribution in [1.29, 1.82) is 0 Å². The maximum Gasteiger partial charge on any atom is 0.215 e. The summed E-state index contributed by atoms with van der Waals surface area (Å²) in [6, 6.07) is -2.27. The maximum atomic E-state index is 12.3. The fourth-order valence-corrected chi connectivity index (χ4v) is 1.99. The Bertz CT molecular complexity index is 1060. The van der Waals surface area contributed by atoms with E-state index in [4.69, 9.17) is 12.4 Å². The Morgan fingerprint density at radius 1 is 1.55 bits per heavy atom. The number of sulfonamides is 1. The van der Waals surface area contributed by atoms with E-state index >= 15 is 0 Å². The van der Waals surface area contributed by atoms with Crippen LogP contribution >= 0.6 is 0 Å². The second kappa shape index (κ2) is 5.95. The summed E-state index contributed by atoms with van der Waals surface area (Å²) in [5.74, 6) is 0. The number of aromatic nitrogens is 1. The van der Waals surface area contributed by atoms with Crippen molar-refractivity contribution >= 4 is 20.9 Å². The number of aromatic amines is 1. The molecule has 0 aliphatic heterocycles. The van der Waals surface area contributed by atoms with Crippen molar-refractivity contribution in [2.24, 2.45) is 0 Å². The summed E-state index contributed by atoms with van der Waals surface area (Å²) in [6.45, 7) is -1.91. The highest BCUT2D eigenvalue weighted by molar-refractivity contribution is 7.88. The number of nitrogens with one attached hydrogen (secondary N) is 2. The Morgan fingerprint density at radius 3 is 2.95 bits per heavy atom. The zero-order valence-corrected chi connectivity index (χ0v) is 12.2. The number of rotatable bonds is 6. The number of hydrogen-bond donors (Lipinski definition) is 2. The van der Waals surface area contributed by atoms with Gasteiger partial charge >= 0.3 is 0 Å². The van der Waals surface area contributed by atoms with E-state index in [0.29, 0.717) is 4.98 Å². The fourth-order valence-electron chi connectivity index (χ4n) is 1.54. The van der Waals surface area contributed by atoms with Crippen molar-refractivity contribution in [3.63, 3.8) is 0 Å². The molecule has 1 aromatic carbocycles. The molecule has 0 aliphatic rings. The van der Waals surface area contributed by atoms with Crippen LogP contribution < -0.4 is 4.72 Å². The van der Waals surface area contributed by atoms with Crippen LogP contribution in [0.25, 0.3) is 10.9 Å². The SMILES string of the molecule is [2H]c1c(C([2H])([2H])S(=O)(=O)N([2H])C)c([2H])c2c(CC([2H])([2H])N(C)C)cn([2H])c2c1[2H]. The third-order valence-electron chi connectivity index (χ3n) is 2.52. The Morgan fingerprint density at radius 2 is 2.30 bits per heavy atom. The molecule has 0 unspecified atom stereocenters. The molecule has 0 radical (unpaired) electrons. The van der Waals surface area contributed by atoms with Crippen LogP contribution in [0.2, 0.25) is 2.82 Å². The number of nitrogens with zero attached hydrogens (tertiary/aromatic N) is 1. The van der Waals surface area contributed by atoms with Crippen molar-refractivity contribution in [3.05, 3.63) is 35.5 Å². The minimum atomic E-state index is -4.94. The molecule has 0 fully saturated rings. The molecule has 2 N–H and O–H groups in total. The van der Waals surface area contributed by atoms with E-state index in [2.05, 4.69) is 0 Å². The predicted molar refractivity (Wildman–Crippen MR) is 82.2 cm³/mol. The molecule has 1 heterocycles. The molecule has 0 saturated heterocycles. The van der Waals surface area contributed by atoms with Crippen LogP contribution in [-0.4, -0.2) is 45.9 Å². The van der Waals surface area contributed by atoms with Gasteiger partial charge in [0.25, 0.3) is 0 Å². The first kappa shape index (κ1) is 7.06. The highest BCUT2D eigenvalue weighted by Crippen LogP contribution is 2.21. The molecule has 5 nitrogen and oxygen atoms in total. The maximum absolute atomic E-state index is 12.3. The van der Waals surface area contributed by atoms with Gasteiger partial charge in [0.15, 0.2) is 1.41 Å². The lowest BCUT2D eigenvalue weighted by atomic mass is 10.1. The largest absolute Gasteiger partial charge is 0.361 e. The summed E-state index contributed by atoms with van der Waals surface area (Å²) in [4.78, 5) is 1.96. The van der Waals surface area contributed by atoms with E-state index < -0.39 is 45.9 Å². The van der Waals surface area contributed by atoms with Gasteiger partial charge in [-0.15, -0.1) is 0 Å². The molecule has 6 heteroatoms. The molecule has 0 spiro atoms. The van der Waals surface area contributed by atoms with Crippen LogP contribution in [-0.2, 0) is 22.1 Å². The van der Waals surface area contributed by atoms with Gasteiger partial charge in [0.2, 0.25) is 10.0 Å². The Balaban J connectivity index is 2.94. The Labute approximate surface area is 132 Å². The minimum Gasteiger partial charge on any atom is -0.361 e. The van der Waals surface area contributed by atoms with Gasteiger partial charge in [-0.2, -0.15) is 0 Å². The first-order chi connectivity index (χ1) is 13.0. The lowest BCUT2D eigenvalue weighted by molar-refractivity contribution is 0.414. The minimum absolute atomic E-state index is 0.0980. The van der Waals surface area contributed by atoms with Crippen LogP contribution in [0.4, 0.5) is 0 Å². The number of fused-ring (bicyclic) bond motifs is 1. The highest BCUT2D eigenvalue weighted by Gasteiger charge is 2.11. The topological polar surface area (TPSA) is 65.2 Å². The van der Waals surface area contributed by atoms with Crippen LogP contribution in [0.5, 0.6) is 0 Å². The summed E-state index contributed by atoms with van der Waals surface area (Å²) in [7, 11) is -1.18. The summed E-state index contributed by atoms with van der Waals surface area (Å²) in [5.41, 5.74) is -4.41. The van der Waals surface area contributed by atoms with Gasteiger partial charge in [-0.25, -0.2) is 13.1 Å². The quantitative estimate of drug-likeness (QED) is 0.846. The number of benzene rings is 1. The predicted octanol–water partition coefficient (Wildman–Crippen LogP) is 1.32. The highest BCUT2D eigenvalue weighted by atomic mass is 32.2. The zero-order chi connectivity index (χ0) is 22.7. The van der Waals surface area contributed by atoms with E-state index in [-0.39, 0.29) is 27.6 Å². The molecule has 0 atom stereocenters. The van der Waals surface area contributed by atoms with Crippen molar-refractivity contribution in [3.8, 4) is 0 Å². The molecule has 2 aromatic rings.